The van der Waals surface area contributed by atoms with Gasteiger partial charge in [0.05, 0.1) is 35.7 Å². The highest BCUT2D eigenvalue weighted by molar-refractivity contribution is 5.95. The fourth-order valence-corrected chi connectivity index (χ4v) is 3.69. The first-order chi connectivity index (χ1) is 14.0. The lowest BCUT2D eigenvalue weighted by Gasteiger charge is -2.12. The second-order valence-corrected chi connectivity index (χ2v) is 7.41. The zero-order valence-electron chi connectivity index (χ0n) is 16.6. The van der Waals surface area contributed by atoms with E-state index in [9.17, 15) is 9.59 Å². The van der Waals surface area contributed by atoms with E-state index in [1.54, 1.807) is 15.6 Å². The molecular formula is C21H24N6O2. The Kier molecular flexibility index (Phi) is 5.16. The lowest BCUT2D eigenvalue weighted by molar-refractivity contribution is -0.122. The van der Waals surface area contributed by atoms with Crippen LogP contribution in [0.2, 0.25) is 0 Å². The Morgan fingerprint density at radius 2 is 2.00 bits per heavy atom. The number of carbonyl (C=O) groups excluding carboxylic acids is 2. The zero-order chi connectivity index (χ0) is 20.4. The Labute approximate surface area is 168 Å². The minimum Gasteiger partial charge on any atom is -0.349 e. The molecule has 150 valence electrons. The summed E-state index contributed by atoms with van der Waals surface area (Å²) >= 11 is 0. The Morgan fingerprint density at radius 1 is 1.21 bits per heavy atom. The van der Waals surface area contributed by atoms with Crippen LogP contribution in [0.1, 0.15) is 33.0 Å². The van der Waals surface area contributed by atoms with Crippen molar-refractivity contribution in [1.29, 1.82) is 0 Å². The minimum absolute atomic E-state index is 0.0798. The van der Waals surface area contributed by atoms with Gasteiger partial charge in [0, 0.05) is 18.7 Å². The van der Waals surface area contributed by atoms with Crippen molar-refractivity contribution in [2.45, 2.75) is 45.9 Å². The van der Waals surface area contributed by atoms with Gasteiger partial charge in [0.25, 0.3) is 5.91 Å². The van der Waals surface area contributed by atoms with E-state index in [1.165, 1.54) is 0 Å². The maximum Gasteiger partial charge on any atom is 0.255 e. The van der Waals surface area contributed by atoms with Crippen LogP contribution < -0.4 is 10.6 Å². The van der Waals surface area contributed by atoms with Gasteiger partial charge in [-0.05, 0) is 25.5 Å². The summed E-state index contributed by atoms with van der Waals surface area (Å²) in [6.07, 6.45) is 2.18. The third kappa shape index (κ3) is 4.21. The first-order valence-corrected chi connectivity index (χ1v) is 9.67. The highest BCUT2D eigenvalue weighted by atomic mass is 16.2. The van der Waals surface area contributed by atoms with E-state index in [2.05, 4.69) is 20.8 Å². The Bertz CT molecular complexity index is 1040. The van der Waals surface area contributed by atoms with E-state index in [0.29, 0.717) is 25.1 Å². The number of benzene rings is 1. The monoisotopic (exact) mass is 392 g/mol. The van der Waals surface area contributed by atoms with Gasteiger partial charge in [-0.3, -0.25) is 19.0 Å². The van der Waals surface area contributed by atoms with Gasteiger partial charge < -0.3 is 10.6 Å². The number of fused-ring (bicyclic) bond motifs is 1. The molecule has 0 fully saturated rings. The summed E-state index contributed by atoms with van der Waals surface area (Å²) in [6.45, 7) is 5.04. The number of hydrogen-bond acceptors (Lipinski definition) is 4. The molecule has 4 rings (SSSR count). The number of nitrogens with one attached hydrogen (secondary N) is 2. The molecule has 1 aromatic carbocycles. The zero-order valence-corrected chi connectivity index (χ0v) is 16.6. The number of hydrogen-bond donors (Lipinski definition) is 2. The molecule has 1 aliphatic rings. The minimum atomic E-state index is -0.148. The van der Waals surface area contributed by atoms with Crippen LogP contribution in [-0.4, -0.2) is 37.4 Å². The van der Waals surface area contributed by atoms with Gasteiger partial charge in [-0.15, -0.1) is 0 Å². The molecule has 1 aliphatic heterocycles. The summed E-state index contributed by atoms with van der Waals surface area (Å²) in [7, 11) is 0. The van der Waals surface area contributed by atoms with Crippen molar-refractivity contribution in [3.63, 3.8) is 0 Å². The van der Waals surface area contributed by atoms with Crippen molar-refractivity contribution in [1.82, 2.24) is 30.2 Å². The van der Waals surface area contributed by atoms with Gasteiger partial charge in [0.15, 0.2) is 0 Å². The number of aryl methyl sites for hydroxylation is 2. The van der Waals surface area contributed by atoms with Gasteiger partial charge >= 0.3 is 0 Å². The molecule has 2 amide bonds. The van der Waals surface area contributed by atoms with Crippen molar-refractivity contribution in [3.05, 3.63) is 70.8 Å². The second-order valence-electron chi connectivity index (χ2n) is 7.41. The Hall–Kier alpha value is -3.42. The molecule has 1 unspecified atom stereocenters. The fourth-order valence-electron chi connectivity index (χ4n) is 3.69. The lowest BCUT2D eigenvalue weighted by Crippen LogP contribution is -2.38. The van der Waals surface area contributed by atoms with Crippen LogP contribution in [0.5, 0.6) is 0 Å². The molecule has 0 saturated carbocycles. The van der Waals surface area contributed by atoms with Crippen molar-refractivity contribution in [2.24, 2.45) is 0 Å². The van der Waals surface area contributed by atoms with Crippen LogP contribution in [0.4, 0.5) is 0 Å². The van der Waals surface area contributed by atoms with Crippen LogP contribution in [0, 0.1) is 13.8 Å². The number of aromatic nitrogens is 4. The Morgan fingerprint density at radius 3 is 2.72 bits per heavy atom. The SMILES string of the molecule is Cc1cc(C)n(CC(=O)NC2Cc3c(C(=O)NCc4ccccc4)cnn3C2)n1. The van der Waals surface area contributed by atoms with Gasteiger partial charge in [-0.25, -0.2) is 0 Å². The van der Waals surface area contributed by atoms with E-state index in [-0.39, 0.29) is 24.4 Å². The van der Waals surface area contributed by atoms with Gasteiger partial charge in [0.1, 0.15) is 6.54 Å². The summed E-state index contributed by atoms with van der Waals surface area (Å²) in [6, 6.07) is 11.6. The average molecular weight is 392 g/mol. The molecule has 3 heterocycles. The maximum atomic E-state index is 12.6. The van der Waals surface area contributed by atoms with E-state index in [1.807, 2.05) is 50.2 Å². The van der Waals surface area contributed by atoms with E-state index < -0.39 is 0 Å². The third-order valence-corrected chi connectivity index (χ3v) is 5.08. The quantitative estimate of drug-likeness (QED) is 0.663. The van der Waals surface area contributed by atoms with E-state index >= 15 is 0 Å². The number of rotatable bonds is 6. The number of amides is 2. The molecule has 2 N–H and O–H groups in total. The molecule has 0 bridgehead atoms. The molecule has 0 radical (unpaired) electrons. The van der Waals surface area contributed by atoms with Crippen LogP contribution in [0.25, 0.3) is 0 Å². The largest absolute Gasteiger partial charge is 0.349 e. The smallest absolute Gasteiger partial charge is 0.255 e. The van der Waals surface area contributed by atoms with Crippen LogP contribution in [0.3, 0.4) is 0 Å². The van der Waals surface area contributed by atoms with Crippen molar-refractivity contribution >= 4 is 11.8 Å². The van der Waals surface area contributed by atoms with Gasteiger partial charge in [0.2, 0.25) is 5.91 Å². The molecule has 0 spiro atoms. The summed E-state index contributed by atoms with van der Waals surface area (Å²) < 4.78 is 3.49. The molecule has 3 aromatic rings. The van der Waals surface area contributed by atoms with Crippen LogP contribution in [0.15, 0.2) is 42.6 Å². The van der Waals surface area contributed by atoms with Crippen LogP contribution >= 0.6 is 0 Å². The van der Waals surface area contributed by atoms with Crippen LogP contribution in [-0.2, 0) is 30.8 Å². The maximum absolute atomic E-state index is 12.6. The first-order valence-electron chi connectivity index (χ1n) is 9.67. The van der Waals surface area contributed by atoms with E-state index in [4.69, 9.17) is 0 Å². The average Bonchev–Trinajstić information content (AvgIpc) is 3.34. The van der Waals surface area contributed by atoms with Crippen molar-refractivity contribution in [3.8, 4) is 0 Å². The Balaban J connectivity index is 1.34. The number of carbonyl (C=O) groups is 2. The van der Waals surface area contributed by atoms with Crippen molar-refractivity contribution < 1.29 is 9.59 Å². The predicted molar refractivity (Wildman–Crippen MR) is 107 cm³/mol. The highest BCUT2D eigenvalue weighted by Crippen LogP contribution is 2.19. The molecule has 8 nitrogen and oxygen atoms in total. The predicted octanol–water partition coefficient (Wildman–Crippen LogP) is 1.37. The summed E-state index contributed by atoms with van der Waals surface area (Å²) in [4.78, 5) is 25.0. The summed E-state index contributed by atoms with van der Waals surface area (Å²) in [5.74, 6) is -0.244. The molecule has 2 aromatic heterocycles. The molecule has 29 heavy (non-hydrogen) atoms. The topological polar surface area (TPSA) is 93.8 Å². The highest BCUT2D eigenvalue weighted by Gasteiger charge is 2.28. The summed E-state index contributed by atoms with van der Waals surface area (Å²) in [5, 5.41) is 14.6. The molecule has 0 saturated heterocycles. The number of nitrogens with zero attached hydrogens (tertiary/aromatic N) is 4. The third-order valence-electron chi connectivity index (χ3n) is 5.08. The molecule has 8 heteroatoms. The first kappa shape index (κ1) is 18.9. The van der Waals surface area contributed by atoms with E-state index in [0.717, 1.165) is 22.6 Å². The molecule has 1 atom stereocenters. The van der Waals surface area contributed by atoms with Gasteiger partial charge in [-0.2, -0.15) is 10.2 Å². The van der Waals surface area contributed by atoms with Crippen molar-refractivity contribution in [2.75, 3.05) is 0 Å². The lowest BCUT2D eigenvalue weighted by atomic mass is 10.1. The molecule has 0 aliphatic carbocycles. The fraction of sp³-hybridized carbons (Fsp3) is 0.333. The standard InChI is InChI=1S/C21H24N6O2/c1-14-8-15(2)26(25-14)13-20(28)24-17-9-19-18(11-23-27(19)12-17)21(29)22-10-16-6-4-3-5-7-16/h3-8,11,17H,9-10,12-13H2,1-2H3,(H,22,29)(H,24,28). The second kappa shape index (κ2) is 7.90. The van der Waals surface area contributed by atoms with Gasteiger partial charge in [-0.1, -0.05) is 30.3 Å². The normalized spacial score (nSPS) is 15.2. The summed E-state index contributed by atoms with van der Waals surface area (Å²) in [5.41, 5.74) is 4.30. The molecular weight excluding hydrogens is 368 g/mol.